The number of hydrogen-bond donors (Lipinski definition) is 1. The Kier molecular flexibility index (Phi) is 6.31. The number of aromatic nitrogens is 1. The fourth-order valence-electron chi connectivity index (χ4n) is 3.27. The molecule has 112 valence electrons. The second-order valence-corrected chi connectivity index (χ2v) is 5.86. The van der Waals surface area contributed by atoms with Crippen LogP contribution in [0.1, 0.15) is 56.9 Å². The molecule has 1 aliphatic rings. The van der Waals surface area contributed by atoms with Crippen molar-refractivity contribution in [2.24, 2.45) is 5.92 Å². The predicted octanol–water partition coefficient (Wildman–Crippen LogP) is 3.75. The minimum Gasteiger partial charge on any atom is -0.492 e. The minimum atomic E-state index is 0.627. The molecule has 1 heterocycles. The van der Waals surface area contributed by atoms with Crippen molar-refractivity contribution in [3.05, 3.63) is 24.0 Å². The predicted molar refractivity (Wildman–Crippen MR) is 83.3 cm³/mol. The Bertz CT molecular complexity index is 394. The van der Waals surface area contributed by atoms with Crippen LogP contribution in [0.25, 0.3) is 0 Å². The fraction of sp³-hybridized carbons (Fsp3) is 0.706. The number of rotatable bonds is 6. The highest BCUT2D eigenvalue weighted by atomic mass is 16.5. The van der Waals surface area contributed by atoms with Gasteiger partial charge in [-0.3, -0.25) is 4.98 Å². The van der Waals surface area contributed by atoms with Gasteiger partial charge in [0, 0.05) is 6.20 Å². The van der Waals surface area contributed by atoms with Crippen molar-refractivity contribution >= 4 is 0 Å². The van der Waals surface area contributed by atoms with Crippen molar-refractivity contribution in [3.63, 3.8) is 0 Å². The van der Waals surface area contributed by atoms with E-state index >= 15 is 0 Å². The van der Waals surface area contributed by atoms with Gasteiger partial charge in [0.25, 0.3) is 0 Å². The van der Waals surface area contributed by atoms with Crippen molar-refractivity contribution in [2.45, 2.75) is 51.4 Å². The van der Waals surface area contributed by atoms with E-state index in [1.165, 1.54) is 37.7 Å². The van der Waals surface area contributed by atoms with Gasteiger partial charge >= 0.3 is 0 Å². The number of nitrogens with one attached hydrogen (secondary N) is 1. The zero-order chi connectivity index (χ0) is 14.2. The molecule has 0 amide bonds. The first-order chi connectivity index (χ1) is 9.85. The lowest BCUT2D eigenvalue weighted by Crippen LogP contribution is -2.24. The highest BCUT2D eigenvalue weighted by Gasteiger charge is 2.25. The molecule has 0 bridgehead atoms. The summed E-state index contributed by atoms with van der Waals surface area (Å²) in [5.41, 5.74) is 1.36. The van der Waals surface area contributed by atoms with E-state index < -0.39 is 0 Å². The topological polar surface area (TPSA) is 34.1 Å². The second-order valence-electron chi connectivity index (χ2n) is 5.86. The summed E-state index contributed by atoms with van der Waals surface area (Å²) in [5, 5.41) is 3.36. The van der Waals surface area contributed by atoms with E-state index in [9.17, 15) is 0 Å². The first kappa shape index (κ1) is 15.3. The van der Waals surface area contributed by atoms with Gasteiger partial charge in [-0.15, -0.1) is 0 Å². The van der Waals surface area contributed by atoms with Gasteiger partial charge in [0.15, 0.2) is 0 Å². The van der Waals surface area contributed by atoms with Gasteiger partial charge in [0.1, 0.15) is 5.75 Å². The van der Waals surface area contributed by atoms with Gasteiger partial charge in [-0.25, -0.2) is 0 Å². The molecule has 0 saturated heterocycles. The average Bonchev–Trinajstić information content (AvgIpc) is 2.71. The van der Waals surface area contributed by atoms with Crippen LogP contribution in [0.2, 0.25) is 0 Å². The summed E-state index contributed by atoms with van der Waals surface area (Å²) in [6.07, 6.45) is 11.6. The molecule has 3 nitrogen and oxygen atoms in total. The zero-order valence-electron chi connectivity index (χ0n) is 12.9. The zero-order valence-corrected chi connectivity index (χ0v) is 12.9. The normalized spacial score (nSPS) is 23.3. The molecule has 0 radical (unpaired) electrons. The third-order valence-electron chi connectivity index (χ3n) is 4.26. The molecule has 1 aromatic heterocycles. The van der Waals surface area contributed by atoms with E-state index in [-0.39, 0.29) is 0 Å². The maximum atomic E-state index is 5.73. The highest BCUT2D eigenvalue weighted by molar-refractivity contribution is 5.27. The second kappa shape index (κ2) is 8.25. The molecular formula is C17H28N2O. The molecule has 1 saturated carbocycles. The lowest BCUT2D eigenvalue weighted by atomic mass is 9.83. The third kappa shape index (κ3) is 4.20. The van der Waals surface area contributed by atoms with Crippen LogP contribution in [0, 0.1) is 5.92 Å². The van der Waals surface area contributed by atoms with Crippen LogP contribution in [0.15, 0.2) is 18.5 Å². The van der Waals surface area contributed by atoms with E-state index in [2.05, 4.69) is 30.3 Å². The quantitative estimate of drug-likeness (QED) is 0.803. The van der Waals surface area contributed by atoms with E-state index in [4.69, 9.17) is 4.74 Å². The molecule has 1 fully saturated rings. The minimum absolute atomic E-state index is 0.627. The van der Waals surface area contributed by atoms with Crippen LogP contribution in [0.4, 0.5) is 0 Å². The van der Waals surface area contributed by atoms with Gasteiger partial charge in [0.2, 0.25) is 0 Å². The van der Waals surface area contributed by atoms with Crippen LogP contribution in [-0.2, 0) is 0 Å². The number of nitrogens with zero attached hydrogens (tertiary/aromatic N) is 1. The Morgan fingerprint density at radius 2 is 2.10 bits per heavy atom. The molecule has 0 aliphatic heterocycles. The van der Waals surface area contributed by atoms with Crippen molar-refractivity contribution in [1.82, 2.24) is 10.3 Å². The Balaban J connectivity index is 2.13. The van der Waals surface area contributed by atoms with Gasteiger partial charge in [-0.2, -0.15) is 0 Å². The van der Waals surface area contributed by atoms with Crippen molar-refractivity contribution < 1.29 is 4.74 Å². The summed E-state index contributed by atoms with van der Waals surface area (Å²) in [4.78, 5) is 4.39. The first-order valence-electron chi connectivity index (χ1n) is 8.07. The lowest BCUT2D eigenvalue weighted by molar-refractivity contribution is 0.314. The van der Waals surface area contributed by atoms with Crippen molar-refractivity contribution in [3.8, 4) is 5.75 Å². The molecule has 3 heteroatoms. The van der Waals surface area contributed by atoms with E-state index in [1.807, 2.05) is 12.4 Å². The van der Waals surface area contributed by atoms with E-state index in [1.54, 1.807) is 0 Å². The smallest absolute Gasteiger partial charge is 0.137 e. The average molecular weight is 276 g/mol. The van der Waals surface area contributed by atoms with Gasteiger partial charge < -0.3 is 10.1 Å². The Labute approximate surface area is 123 Å². The lowest BCUT2D eigenvalue weighted by Gasteiger charge is -2.25. The third-order valence-corrected chi connectivity index (χ3v) is 4.26. The van der Waals surface area contributed by atoms with Gasteiger partial charge in [-0.05, 0) is 56.3 Å². The van der Waals surface area contributed by atoms with Crippen LogP contribution < -0.4 is 10.1 Å². The number of pyridine rings is 1. The fourth-order valence-corrected chi connectivity index (χ4v) is 3.27. The molecule has 2 unspecified atom stereocenters. The molecular weight excluding hydrogens is 248 g/mol. The molecule has 1 N–H and O–H groups in total. The van der Waals surface area contributed by atoms with Gasteiger partial charge in [0.05, 0.1) is 12.8 Å². The maximum absolute atomic E-state index is 5.73. The summed E-state index contributed by atoms with van der Waals surface area (Å²) in [5.74, 6) is 2.28. The van der Waals surface area contributed by atoms with E-state index in [0.29, 0.717) is 5.92 Å². The summed E-state index contributed by atoms with van der Waals surface area (Å²) >= 11 is 0. The van der Waals surface area contributed by atoms with E-state index in [0.717, 1.165) is 31.2 Å². The monoisotopic (exact) mass is 276 g/mol. The molecule has 0 aromatic carbocycles. The van der Waals surface area contributed by atoms with Crippen LogP contribution >= 0.6 is 0 Å². The van der Waals surface area contributed by atoms with Gasteiger partial charge in [-0.1, -0.05) is 26.2 Å². The summed E-state index contributed by atoms with van der Waals surface area (Å²) < 4.78 is 5.73. The van der Waals surface area contributed by atoms with Crippen molar-refractivity contribution in [2.75, 3.05) is 20.2 Å². The Morgan fingerprint density at radius 3 is 2.90 bits per heavy atom. The number of hydrogen-bond acceptors (Lipinski definition) is 3. The van der Waals surface area contributed by atoms with Crippen LogP contribution in [-0.4, -0.2) is 25.2 Å². The van der Waals surface area contributed by atoms with Crippen molar-refractivity contribution in [1.29, 1.82) is 0 Å². The Morgan fingerprint density at radius 1 is 1.25 bits per heavy atom. The standard InChI is InChI=1S/C17H28N2O/c1-3-9-20-16-10-15(12-19-13-16)17-8-6-4-5-7-14(17)11-18-2/h10,12-14,17-18H,3-9,11H2,1-2H3. The molecule has 0 spiro atoms. The first-order valence-corrected chi connectivity index (χ1v) is 8.07. The molecule has 2 rings (SSSR count). The SMILES string of the molecule is CCCOc1cncc(C2CCCCCC2CNC)c1. The van der Waals surface area contributed by atoms with Crippen LogP contribution in [0.3, 0.4) is 0 Å². The molecule has 1 aliphatic carbocycles. The molecule has 20 heavy (non-hydrogen) atoms. The summed E-state index contributed by atoms with van der Waals surface area (Å²) in [6.45, 7) is 4.01. The van der Waals surface area contributed by atoms with Crippen LogP contribution in [0.5, 0.6) is 5.75 Å². The largest absolute Gasteiger partial charge is 0.492 e. The highest BCUT2D eigenvalue weighted by Crippen LogP contribution is 2.36. The summed E-state index contributed by atoms with van der Waals surface area (Å²) in [6, 6.07) is 2.21. The summed E-state index contributed by atoms with van der Waals surface area (Å²) in [7, 11) is 2.06. The number of ether oxygens (including phenoxy) is 1. The molecule has 1 aromatic rings. The Hall–Kier alpha value is -1.09. The molecule has 2 atom stereocenters. The maximum Gasteiger partial charge on any atom is 0.137 e.